The second-order valence-corrected chi connectivity index (χ2v) is 7.30. The molecule has 1 atom stereocenters. The average Bonchev–Trinajstić information content (AvgIpc) is 2.85. The summed E-state index contributed by atoms with van der Waals surface area (Å²) in [6.45, 7) is 4.67. The summed E-state index contributed by atoms with van der Waals surface area (Å²) in [5, 5.41) is 4.14. The van der Waals surface area contributed by atoms with Crippen LogP contribution in [0.3, 0.4) is 0 Å². The standard InChI is InChI=1S/C14H25N3OS/c1-14(2)7-4-10(5-8-14)12-16-13(18-17-12)11(15)6-9-19-3/h10-11H,4-9,15H2,1-3H3/t11-/m0/s1. The zero-order chi connectivity index (χ0) is 13.9. The van der Waals surface area contributed by atoms with Crippen LogP contribution in [-0.2, 0) is 0 Å². The predicted molar refractivity (Wildman–Crippen MR) is 79.2 cm³/mol. The molecule has 4 nitrogen and oxygen atoms in total. The van der Waals surface area contributed by atoms with Gasteiger partial charge in [-0.25, -0.2) is 0 Å². The van der Waals surface area contributed by atoms with Crippen molar-refractivity contribution in [3.8, 4) is 0 Å². The van der Waals surface area contributed by atoms with E-state index in [0.717, 1.165) is 30.8 Å². The molecule has 5 heteroatoms. The Morgan fingerprint density at radius 2 is 2.11 bits per heavy atom. The molecule has 0 bridgehead atoms. The molecule has 0 aliphatic heterocycles. The van der Waals surface area contributed by atoms with Gasteiger partial charge < -0.3 is 10.3 Å². The van der Waals surface area contributed by atoms with Crippen molar-refractivity contribution in [1.29, 1.82) is 0 Å². The SMILES string of the molecule is CSCC[C@H](N)c1nc(C2CCC(C)(C)CC2)no1. The third-order valence-electron chi connectivity index (χ3n) is 4.11. The van der Waals surface area contributed by atoms with Crippen molar-refractivity contribution in [3.63, 3.8) is 0 Å². The first-order chi connectivity index (χ1) is 9.02. The zero-order valence-corrected chi connectivity index (χ0v) is 13.0. The Kier molecular flexibility index (Phi) is 4.90. The van der Waals surface area contributed by atoms with Crippen LogP contribution in [0.15, 0.2) is 4.52 Å². The normalized spacial score (nSPS) is 21.5. The molecule has 1 aromatic heterocycles. The lowest BCUT2D eigenvalue weighted by molar-refractivity contribution is 0.218. The molecule has 0 aromatic carbocycles. The molecule has 0 spiro atoms. The summed E-state index contributed by atoms with van der Waals surface area (Å²) < 4.78 is 5.33. The highest BCUT2D eigenvalue weighted by atomic mass is 32.2. The summed E-state index contributed by atoms with van der Waals surface area (Å²) in [5.74, 6) is 2.95. The topological polar surface area (TPSA) is 64.9 Å². The van der Waals surface area contributed by atoms with Gasteiger partial charge in [-0.1, -0.05) is 19.0 Å². The van der Waals surface area contributed by atoms with Gasteiger partial charge in [0, 0.05) is 5.92 Å². The summed E-state index contributed by atoms with van der Waals surface area (Å²) in [4.78, 5) is 4.52. The van der Waals surface area contributed by atoms with Crippen LogP contribution in [0, 0.1) is 5.41 Å². The van der Waals surface area contributed by atoms with E-state index in [0.29, 0.717) is 17.2 Å². The lowest BCUT2D eigenvalue weighted by Crippen LogP contribution is -2.21. The molecule has 1 heterocycles. The number of nitrogens with two attached hydrogens (primary N) is 1. The molecule has 1 aromatic rings. The van der Waals surface area contributed by atoms with E-state index in [1.165, 1.54) is 12.8 Å². The van der Waals surface area contributed by atoms with E-state index in [1.54, 1.807) is 11.8 Å². The Hall–Kier alpha value is -0.550. The third-order valence-corrected chi connectivity index (χ3v) is 4.76. The molecule has 1 saturated carbocycles. The maximum atomic E-state index is 6.06. The third kappa shape index (κ3) is 3.96. The molecule has 19 heavy (non-hydrogen) atoms. The predicted octanol–water partition coefficient (Wildman–Crippen LogP) is 3.51. The molecule has 108 valence electrons. The van der Waals surface area contributed by atoms with E-state index >= 15 is 0 Å². The van der Waals surface area contributed by atoms with E-state index in [4.69, 9.17) is 10.3 Å². The van der Waals surface area contributed by atoms with Crippen molar-refractivity contribution in [1.82, 2.24) is 10.1 Å². The Bertz CT molecular complexity index is 395. The van der Waals surface area contributed by atoms with Crippen molar-refractivity contribution in [2.45, 2.75) is 57.9 Å². The van der Waals surface area contributed by atoms with Gasteiger partial charge >= 0.3 is 0 Å². The summed E-state index contributed by atoms with van der Waals surface area (Å²) >= 11 is 1.79. The second kappa shape index (κ2) is 6.27. The molecule has 0 saturated heterocycles. The van der Waals surface area contributed by atoms with Crippen molar-refractivity contribution in [2.24, 2.45) is 11.1 Å². The molecule has 0 unspecified atom stereocenters. The number of hydrogen-bond donors (Lipinski definition) is 1. The highest BCUT2D eigenvalue weighted by Gasteiger charge is 2.30. The zero-order valence-electron chi connectivity index (χ0n) is 12.2. The molecule has 0 amide bonds. The lowest BCUT2D eigenvalue weighted by Gasteiger charge is -2.32. The maximum Gasteiger partial charge on any atom is 0.243 e. The molecule has 2 rings (SSSR count). The van der Waals surface area contributed by atoms with Crippen LogP contribution in [0.2, 0.25) is 0 Å². The van der Waals surface area contributed by atoms with E-state index in [2.05, 4.69) is 30.2 Å². The van der Waals surface area contributed by atoms with Crippen LogP contribution in [0.1, 0.15) is 69.6 Å². The van der Waals surface area contributed by atoms with Gasteiger partial charge in [0.1, 0.15) is 0 Å². The minimum Gasteiger partial charge on any atom is -0.338 e. The fourth-order valence-electron chi connectivity index (χ4n) is 2.59. The lowest BCUT2D eigenvalue weighted by atomic mass is 9.73. The van der Waals surface area contributed by atoms with Gasteiger partial charge in [-0.15, -0.1) is 0 Å². The van der Waals surface area contributed by atoms with E-state index in [1.807, 2.05) is 0 Å². The molecule has 0 radical (unpaired) electrons. The second-order valence-electron chi connectivity index (χ2n) is 6.32. The minimum atomic E-state index is -0.117. The first-order valence-corrected chi connectivity index (χ1v) is 8.49. The molecular weight excluding hydrogens is 258 g/mol. The van der Waals surface area contributed by atoms with Gasteiger partial charge in [-0.3, -0.25) is 0 Å². The van der Waals surface area contributed by atoms with Crippen LogP contribution in [0.4, 0.5) is 0 Å². The molecule has 1 aliphatic carbocycles. The summed E-state index contributed by atoms with van der Waals surface area (Å²) in [5.41, 5.74) is 6.53. The fourth-order valence-corrected chi connectivity index (χ4v) is 3.08. The Labute approximate surface area is 119 Å². The van der Waals surface area contributed by atoms with Crippen molar-refractivity contribution in [3.05, 3.63) is 11.7 Å². The Balaban J connectivity index is 1.94. The molecule has 2 N–H and O–H groups in total. The van der Waals surface area contributed by atoms with E-state index < -0.39 is 0 Å². The first-order valence-electron chi connectivity index (χ1n) is 7.10. The van der Waals surface area contributed by atoms with Gasteiger partial charge in [0.2, 0.25) is 5.89 Å². The number of rotatable bonds is 5. The van der Waals surface area contributed by atoms with Crippen molar-refractivity contribution >= 4 is 11.8 Å². The van der Waals surface area contributed by atoms with Gasteiger partial charge in [-0.2, -0.15) is 16.7 Å². The minimum absolute atomic E-state index is 0.117. The van der Waals surface area contributed by atoms with Crippen LogP contribution < -0.4 is 5.73 Å². The molecule has 1 aliphatic rings. The van der Waals surface area contributed by atoms with Crippen LogP contribution in [-0.4, -0.2) is 22.1 Å². The summed E-state index contributed by atoms with van der Waals surface area (Å²) in [6.07, 6.45) is 7.76. The largest absolute Gasteiger partial charge is 0.338 e. The van der Waals surface area contributed by atoms with Crippen LogP contribution >= 0.6 is 11.8 Å². The fraction of sp³-hybridized carbons (Fsp3) is 0.857. The summed E-state index contributed by atoms with van der Waals surface area (Å²) in [6, 6.07) is -0.117. The van der Waals surface area contributed by atoms with Gasteiger partial charge in [-0.05, 0) is 49.5 Å². The molecular formula is C14H25N3OS. The van der Waals surface area contributed by atoms with Gasteiger partial charge in [0.05, 0.1) is 6.04 Å². The quantitative estimate of drug-likeness (QED) is 0.896. The van der Waals surface area contributed by atoms with E-state index in [9.17, 15) is 0 Å². The highest BCUT2D eigenvalue weighted by Crippen LogP contribution is 2.41. The van der Waals surface area contributed by atoms with Gasteiger partial charge in [0.25, 0.3) is 0 Å². The maximum absolute atomic E-state index is 6.06. The van der Waals surface area contributed by atoms with E-state index in [-0.39, 0.29) is 6.04 Å². The number of aromatic nitrogens is 2. The molecule has 1 fully saturated rings. The van der Waals surface area contributed by atoms with Crippen LogP contribution in [0.25, 0.3) is 0 Å². The van der Waals surface area contributed by atoms with Crippen LogP contribution in [0.5, 0.6) is 0 Å². The number of hydrogen-bond acceptors (Lipinski definition) is 5. The Morgan fingerprint density at radius 1 is 1.42 bits per heavy atom. The first kappa shape index (κ1) is 14.9. The van der Waals surface area contributed by atoms with Gasteiger partial charge in [0.15, 0.2) is 5.82 Å². The average molecular weight is 283 g/mol. The smallest absolute Gasteiger partial charge is 0.243 e. The monoisotopic (exact) mass is 283 g/mol. The summed E-state index contributed by atoms with van der Waals surface area (Å²) in [7, 11) is 0. The van der Waals surface area contributed by atoms with Crippen molar-refractivity contribution < 1.29 is 4.52 Å². The van der Waals surface area contributed by atoms with Crippen molar-refractivity contribution in [2.75, 3.05) is 12.0 Å². The number of thioether (sulfide) groups is 1. The Morgan fingerprint density at radius 3 is 2.74 bits per heavy atom. The number of nitrogens with zero attached hydrogens (tertiary/aromatic N) is 2. The highest BCUT2D eigenvalue weighted by molar-refractivity contribution is 7.98.